The summed E-state index contributed by atoms with van der Waals surface area (Å²) < 4.78 is 11.5. The van der Waals surface area contributed by atoms with E-state index >= 15 is 0 Å². The van der Waals surface area contributed by atoms with E-state index in [1.54, 1.807) is 42.6 Å². The molecule has 1 saturated heterocycles. The zero-order chi connectivity index (χ0) is 23.2. The zero-order valence-electron chi connectivity index (χ0n) is 18.7. The van der Waals surface area contributed by atoms with Crippen LogP contribution in [0.15, 0.2) is 72.9 Å². The van der Waals surface area contributed by atoms with E-state index in [2.05, 4.69) is 10.3 Å². The van der Waals surface area contributed by atoms with Gasteiger partial charge in [0.05, 0.1) is 12.2 Å². The third kappa shape index (κ3) is 5.75. The monoisotopic (exact) mass is 445 g/mol. The van der Waals surface area contributed by atoms with Gasteiger partial charge in [-0.3, -0.25) is 9.59 Å². The summed E-state index contributed by atoms with van der Waals surface area (Å²) in [7, 11) is 0. The number of carbonyl (C=O) groups excluding carboxylic acids is 2. The summed E-state index contributed by atoms with van der Waals surface area (Å²) in [5.41, 5.74) is 1.86. The lowest BCUT2D eigenvalue weighted by molar-refractivity contribution is -0.0586. The van der Waals surface area contributed by atoms with Crippen LogP contribution in [0.3, 0.4) is 0 Å². The standard InChI is InChI=1S/C26H27N3O4/c1-18-16-29(17-19(2)32-18)26(31)21-12-10-20(11-13-21)15-28-24(30)23-9-6-14-27-25(23)33-22-7-4-3-5-8-22/h3-14,18-19H,15-17H2,1-2H3,(H,28,30). The highest BCUT2D eigenvalue weighted by atomic mass is 16.5. The fourth-order valence-corrected chi connectivity index (χ4v) is 3.81. The van der Waals surface area contributed by atoms with Crippen molar-refractivity contribution in [1.82, 2.24) is 15.2 Å². The lowest BCUT2D eigenvalue weighted by atomic mass is 10.1. The number of morpholine rings is 1. The minimum absolute atomic E-state index is 0.00866. The number of pyridine rings is 1. The van der Waals surface area contributed by atoms with Crippen LogP contribution in [0.25, 0.3) is 0 Å². The summed E-state index contributed by atoms with van der Waals surface area (Å²) in [6, 6.07) is 19.9. The van der Waals surface area contributed by atoms with E-state index in [1.165, 1.54) is 0 Å². The summed E-state index contributed by atoms with van der Waals surface area (Å²) in [6.07, 6.45) is 1.63. The van der Waals surface area contributed by atoms with E-state index < -0.39 is 0 Å². The summed E-state index contributed by atoms with van der Waals surface area (Å²) in [5, 5.41) is 2.89. The topological polar surface area (TPSA) is 80.8 Å². The molecule has 7 heteroatoms. The predicted molar refractivity (Wildman–Crippen MR) is 124 cm³/mol. The number of hydrogen-bond acceptors (Lipinski definition) is 5. The largest absolute Gasteiger partial charge is 0.438 e. The van der Waals surface area contributed by atoms with Gasteiger partial charge in [0.1, 0.15) is 11.3 Å². The molecular formula is C26H27N3O4. The second-order valence-corrected chi connectivity index (χ2v) is 8.12. The third-order valence-electron chi connectivity index (χ3n) is 5.33. The molecule has 0 aliphatic carbocycles. The Hall–Kier alpha value is -3.71. The van der Waals surface area contributed by atoms with Crippen LogP contribution in [-0.4, -0.2) is 47.0 Å². The van der Waals surface area contributed by atoms with E-state index in [0.29, 0.717) is 36.5 Å². The second kappa shape index (κ2) is 10.3. The first-order valence-electron chi connectivity index (χ1n) is 11.0. The SMILES string of the molecule is CC1CN(C(=O)c2ccc(CNC(=O)c3cccnc3Oc3ccccc3)cc2)CC(C)O1. The van der Waals surface area contributed by atoms with Crippen molar-refractivity contribution in [3.8, 4) is 11.6 Å². The minimum Gasteiger partial charge on any atom is -0.438 e. The highest BCUT2D eigenvalue weighted by molar-refractivity contribution is 5.96. The van der Waals surface area contributed by atoms with E-state index in [-0.39, 0.29) is 29.9 Å². The maximum absolute atomic E-state index is 12.8. The molecule has 0 spiro atoms. The molecule has 170 valence electrons. The molecule has 2 unspecified atom stereocenters. The lowest BCUT2D eigenvalue weighted by Crippen LogP contribution is -2.48. The molecule has 3 aromatic rings. The molecule has 7 nitrogen and oxygen atoms in total. The van der Waals surface area contributed by atoms with Gasteiger partial charge in [0.2, 0.25) is 5.88 Å². The molecule has 4 rings (SSSR count). The first-order valence-corrected chi connectivity index (χ1v) is 11.0. The molecule has 2 atom stereocenters. The van der Waals surface area contributed by atoms with Crippen molar-refractivity contribution in [3.63, 3.8) is 0 Å². The Labute approximate surface area is 193 Å². The van der Waals surface area contributed by atoms with Crippen molar-refractivity contribution in [2.45, 2.75) is 32.6 Å². The van der Waals surface area contributed by atoms with Gasteiger partial charge >= 0.3 is 0 Å². The van der Waals surface area contributed by atoms with Crippen LogP contribution in [-0.2, 0) is 11.3 Å². The van der Waals surface area contributed by atoms with Crippen molar-refractivity contribution in [3.05, 3.63) is 89.6 Å². The van der Waals surface area contributed by atoms with Gasteiger partial charge in [0.25, 0.3) is 11.8 Å². The van der Waals surface area contributed by atoms with Gasteiger partial charge in [-0.1, -0.05) is 30.3 Å². The van der Waals surface area contributed by atoms with E-state index in [1.807, 2.05) is 49.1 Å². The number of hydrogen-bond donors (Lipinski definition) is 1. The van der Waals surface area contributed by atoms with Crippen LogP contribution < -0.4 is 10.1 Å². The number of amides is 2. The normalized spacial score (nSPS) is 17.9. The Balaban J connectivity index is 1.37. The Morgan fingerprint density at radius 2 is 1.70 bits per heavy atom. The summed E-state index contributed by atoms with van der Waals surface area (Å²) >= 11 is 0. The van der Waals surface area contributed by atoms with Gasteiger partial charge in [-0.25, -0.2) is 4.98 Å². The average molecular weight is 446 g/mol. The maximum atomic E-state index is 12.8. The molecule has 0 radical (unpaired) electrons. The highest BCUT2D eigenvalue weighted by Crippen LogP contribution is 2.22. The fraction of sp³-hybridized carbons (Fsp3) is 0.269. The number of rotatable bonds is 6. The van der Waals surface area contributed by atoms with Crippen LogP contribution in [0.5, 0.6) is 11.6 Å². The summed E-state index contributed by atoms with van der Waals surface area (Å²) in [6.45, 7) is 5.43. The van der Waals surface area contributed by atoms with Crippen molar-refractivity contribution in [2.75, 3.05) is 13.1 Å². The molecule has 1 aromatic heterocycles. The Kier molecular flexibility index (Phi) is 7.00. The summed E-state index contributed by atoms with van der Waals surface area (Å²) in [4.78, 5) is 31.6. The third-order valence-corrected chi connectivity index (χ3v) is 5.33. The van der Waals surface area contributed by atoms with Gasteiger partial charge in [0, 0.05) is 31.4 Å². The minimum atomic E-state index is -0.287. The second-order valence-electron chi connectivity index (χ2n) is 8.12. The molecule has 1 N–H and O–H groups in total. The molecular weight excluding hydrogens is 418 g/mol. The van der Waals surface area contributed by atoms with Gasteiger partial charge < -0.3 is 19.7 Å². The van der Waals surface area contributed by atoms with Crippen LogP contribution in [0.4, 0.5) is 0 Å². The molecule has 2 amide bonds. The maximum Gasteiger partial charge on any atom is 0.257 e. The van der Waals surface area contributed by atoms with Crippen LogP contribution in [0, 0.1) is 0 Å². The van der Waals surface area contributed by atoms with Gasteiger partial charge in [0.15, 0.2) is 0 Å². The Morgan fingerprint density at radius 3 is 2.39 bits per heavy atom. The zero-order valence-corrected chi connectivity index (χ0v) is 18.7. The Morgan fingerprint density at radius 1 is 1.00 bits per heavy atom. The van der Waals surface area contributed by atoms with Crippen LogP contribution in [0.2, 0.25) is 0 Å². The first kappa shape index (κ1) is 22.5. The number of nitrogens with zero attached hydrogens (tertiary/aromatic N) is 2. The molecule has 1 aliphatic rings. The smallest absolute Gasteiger partial charge is 0.257 e. The predicted octanol–water partition coefficient (Wildman–Crippen LogP) is 4.05. The highest BCUT2D eigenvalue weighted by Gasteiger charge is 2.26. The first-order chi connectivity index (χ1) is 16.0. The molecule has 33 heavy (non-hydrogen) atoms. The molecule has 1 aliphatic heterocycles. The van der Waals surface area contributed by atoms with Gasteiger partial charge in [-0.05, 0) is 55.8 Å². The van der Waals surface area contributed by atoms with E-state index in [4.69, 9.17) is 9.47 Å². The molecule has 2 aromatic carbocycles. The number of para-hydroxylation sites is 1. The van der Waals surface area contributed by atoms with Crippen molar-refractivity contribution >= 4 is 11.8 Å². The number of nitrogens with one attached hydrogen (secondary N) is 1. The number of carbonyl (C=O) groups is 2. The average Bonchev–Trinajstić information content (AvgIpc) is 2.83. The number of benzene rings is 2. The molecule has 0 saturated carbocycles. The van der Waals surface area contributed by atoms with Crippen LogP contribution >= 0.6 is 0 Å². The molecule has 1 fully saturated rings. The fourth-order valence-electron chi connectivity index (χ4n) is 3.81. The Bertz CT molecular complexity index is 1090. The molecule has 0 bridgehead atoms. The van der Waals surface area contributed by atoms with E-state index in [9.17, 15) is 9.59 Å². The van der Waals surface area contributed by atoms with Crippen LogP contribution in [0.1, 0.15) is 40.1 Å². The van der Waals surface area contributed by atoms with Crippen molar-refractivity contribution < 1.29 is 19.1 Å². The lowest BCUT2D eigenvalue weighted by Gasteiger charge is -2.35. The van der Waals surface area contributed by atoms with Gasteiger partial charge in [-0.15, -0.1) is 0 Å². The van der Waals surface area contributed by atoms with Gasteiger partial charge in [-0.2, -0.15) is 0 Å². The van der Waals surface area contributed by atoms with E-state index in [0.717, 1.165) is 5.56 Å². The number of aromatic nitrogens is 1. The quantitative estimate of drug-likeness (QED) is 0.619. The molecule has 2 heterocycles. The summed E-state index contributed by atoms with van der Waals surface area (Å²) in [5.74, 6) is 0.557. The van der Waals surface area contributed by atoms with Crippen molar-refractivity contribution in [1.29, 1.82) is 0 Å². The number of ether oxygens (including phenoxy) is 2. The van der Waals surface area contributed by atoms with Crippen molar-refractivity contribution in [2.24, 2.45) is 0 Å².